The van der Waals surface area contributed by atoms with E-state index in [1.54, 1.807) is 7.11 Å². The molecule has 67 heavy (non-hydrogen) atoms. The van der Waals surface area contributed by atoms with Gasteiger partial charge in [0.2, 0.25) is 0 Å². The van der Waals surface area contributed by atoms with E-state index in [1.807, 2.05) is 53.0 Å². The minimum atomic E-state index is -1.26. The van der Waals surface area contributed by atoms with Crippen molar-refractivity contribution in [2.45, 2.75) is 154 Å². The molecule has 10 nitrogen and oxygen atoms in total. The zero-order valence-electron chi connectivity index (χ0n) is 41.7. The fraction of sp³-hybridized carbons (Fsp3) is 0.667. The van der Waals surface area contributed by atoms with Crippen molar-refractivity contribution in [1.82, 2.24) is 10.6 Å². The number of fused-ring (bicyclic) bond motifs is 5. The van der Waals surface area contributed by atoms with Crippen molar-refractivity contribution in [3.63, 3.8) is 0 Å². The lowest BCUT2D eigenvalue weighted by Gasteiger charge is -2.61. The van der Waals surface area contributed by atoms with E-state index in [0.29, 0.717) is 69.6 Å². The third kappa shape index (κ3) is 12.1. The van der Waals surface area contributed by atoms with Crippen LogP contribution in [0.1, 0.15) is 122 Å². The number of nitrogens with one attached hydrogen (secondary N) is 2. The highest BCUT2D eigenvalue weighted by Gasteiger charge is 2.68. The molecule has 0 amide bonds. The van der Waals surface area contributed by atoms with Crippen molar-refractivity contribution < 1.29 is 39.8 Å². The SMILES string of the molecule is C=C(/C=C/C=C(/CO[C@H](O)CC(C)C)[C@@H]1CC[C@]2([C@@H]1O)[C@@H]1C(=C(C)C=O)[C@@H](C=C[C@@H]1CCO)C[C@]2(O)CCNC)[C@H]1C/C=C(\C)[C@@H](O)N[C@](CCOC)(C2CCCCC2)Cc2cccc(c2)C1. The molecule has 0 aromatic heterocycles. The highest BCUT2D eigenvalue weighted by atomic mass is 16.6. The molecular formula is C57H86N2O8. The van der Waals surface area contributed by atoms with Crippen molar-refractivity contribution in [2.24, 2.45) is 46.8 Å². The molecule has 0 saturated heterocycles. The number of aldehydes is 1. The van der Waals surface area contributed by atoms with Crippen LogP contribution in [0.4, 0.5) is 0 Å². The first-order valence-electron chi connectivity index (χ1n) is 25.7. The molecule has 1 spiro atoms. The molecule has 4 bridgehead atoms. The molecule has 7 N–H and O–H groups in total. The summed E-state index contributed by atoms with van der Waals surface area (Å²) in [5.74, 6) is -0.376. The number of benzene rings is 1. The van der Waals surface area contributed by atoms with Crippen LogP contribution in [-0.2, 0) is 27.1 Å². The van der Waals surface area contributed by atoms with E-state index < -0.39 is 35.6 Å². The van der Waals surface area contributed by atoms with Crippen LogP contribution in [0.2, 0.25) is 0 Å². The van der Waals surface area contributed by atoms with Gasteiger partial charge < -0.3 is 40.3 Å². The second-order valence-corrected chi connectivity index (χ2v) is 21.6. The Balaban J connectivity index is 1.33. The highest BCUT2D eigenvalue weighted by Crippen LogP contribution is 2.67. The van der Waals surface area contributed by atoms with Crippen molar-refractivity contribution in [2.75, 3.05) is 40.5 Å². The van der Waals surface area contributed by atoms with Gasteiger partial charge in [-0.1, -0.05) is 112 Å². The van der Waals surface area contributed by atoms with Crippen LogP contribution in [0.15, 0.2) is 95.2 Å². The molecule has 1 heterocycles. The second-order valence-electron chi connectivity index (χ2n) is 21.6. The van der Waals surface area contributed by atoms with Gasteiger partial charge in [0.05, 0.1) is 18.3 Å². The molecule has 6 rings (SSSR count). The quantitative estimate of drug-likeness (QED) is 0.0237. The molecule has 3 fully saturated rings. The third-order valence-corrected chi connectivity index (χ3v) is 16.8. The summed E-state index contributed by atoms with van der Waals surface area (Å²) in [6.07, 6.45) is 22.4. The summed E-state index contributed by atoms with van der Waals surface area (Å²) in [6, 6.07) is 8.93. The molecule has 0 radical (unpaired) electrons. The summed E-state index contributed by atoms with van der Waals surface area (Å²) in [5, 5.41) is 66.3. The zero-order chi connectivity index (χ0) is 48.4. The third-order valence-electron chi connectivity index (χ3n) is 16.8. The van der Waals surface area contributed by atoms with Gasteiger partial charge in [0.1, 0.15) is 12.5 Å². The van der Waals surface area contributed by atoms with Crippen LogP contribution in [0, 0.1) is 46.8 Å². The molecule has 4 aliphatic carbocycles. The Labute approximate surface area is 402 Å². The van der Waals surface area contributed by atoms with Crippen LogP contribution in [0.25, 0.3) is 0 Å². The molecule has 0 unspecified atom stereocenters. The maximum Gasteiger partial charge on any atom is 0.155 e. The smallest absolute Gasteiger partial charge is 0.155 e. The molecule has 1 aliphatic heterocycles. The minimum absolute atomic E-state index is 0.0393. The van der Waals surface area contributed by atoms with Gasteiger partial charge >= 0.3 is 0 Å². The largest absolute Gasteiger partial charge is 0.396 e. The van der Waals surface area contributed by atoms with Gasteiger partial charge in [0.15, 0.2) is 6.29 Å². The molecule has 1 aromatic carbocycles. The van der Waals surface area contributed by atoms with Crippen LogP contribution in [0.3, 0.4) is 0 Å². The number of carbonyl (C=O) groups excluding carboxylic acids is 1. The fourth-order valence-corrected chi connectivity index (χ4v) is 13.3. The number of ether oxygens (including phenoxy) is 2. The van der Waals surface area contributed by atoms with Gasteiger partial charge in [-0.15, -0.1) is 0 Å². The Morgan fingerprint density at radius 2 is 1.85 bits per heavy atom. The van der Waals surface area contributed by atoms with E-state index in [0.717, 1.165) is 60.7 Å². The summed E-state index contributed by atoms with van der Waals surface area (Å²) in [5.41, 5.74) is 4.18. The lowest BCUT2D eigenvalue weighted by Crippen LogP contribution is -2.65. The Kier molecular flexibility index (Phi) is 19.3. The number of allylic oxidation sites excluding steroid dienone is 9. The number of aliphatic hydroxyl groups excluding tert-OH is 4. The molecule has 10 heteroatoms. The van der Waals surface area contributed by atoms with E-state index in [-0.39, 0.29) is 48.3 Å². The van der Waals surface area contributed by atoms with Gasteiger partial charge in [-0.05, 0) is 156 Å². The average Bonchev–Trinajstić information content (AvgIpc) is 3.66. The minimum Gasteiger partial charge on any atom is -0.396 e. The normalized spacial score (nSPS) is 35.0. The predicted octanol–water partition coefficient (Wildman–Crippen LogP) is 8.24. The summed E-state index contributed by atoms with van der Waals surface area (Å²) < 4.78 is 11.8. The van der Waals surface area contributed by atoms with Crippen LogP contribution < -0.4 is 10.6 Å². The Bertz CT molecular complexity index is 1960. The average molecular weight is 927 g/mol. The second kappa shape index (κ2) is 24.2. The van der Waals surface area contributed by atoms with E-state index in [4.69, 9.17) is 9.47 Å². The molecule has 11 atom stereocenters. The van der Waals surface area contributed by atoms with Crippen LogP contribution in [0.5, 0.6) is 0 Å². The topological polar surface area (TPSA) is 161 Å². The van der Waals surface area contributed by atoms with Crippen molar-refractivity contribution in [3.8, 4) is 0 Å². The number of hydrogen-bond acceptors (Lipinski definition) is 10. The number of methoxy groups -OCH3 is 1. The van der Waals surface area contributed by atoms with Crippen molar-refractivity contribution in [3.05, 3.63) is 106 Å². The highest BCUT2D eigenvalue weighted by molar-refractivity contribution is 5.74. The Morgan fingerprint density at radius 1 is 1.09 bits per heavy atom. The van der Waals surface area contributed by atoms with Gasteiger partial charge in [0.25, 0.3) is 0 Å². The van der Waals surface area contributed by atoms with Crippen molar-refractivity contribution >= 4 is 6.29 Å². The first-order chi connectivity index (χ1) is 32.1. The maximum atomic E-state index is 13.1. The standard InChI is InChI=1S/C57H86N2O8/c1-38(2)31-50(62)67-37-47(49-23-25-57(53(49)63)52-44(24-29-60)21-22-46(51(52)41(5)36-61)35-56(57,65)26-28-58-6)16-11-13-39(3)45-20-19-40(4)54(64)59-55(27-30-66-7,48-17-9-8-10-18-48)34-43-15-12-14-42(32-43)33-45/h11-16,19,21-22,32,36,38,44-46,48-50,52-54,58-60,62-65H,3,8-10,17-18,20,23-31,33-35,37H2,1-2,4-7H3/b13-11+,40-19+,47-16-,51-41?/t44-,45+,46+,49+,50+,52+,53-,54-,55+,56-,57-/m1/s1. The number of rotatable bonds is 19. The first-order valence-corrected chi connectivity index (χ1v) is 25.7. The van der Waals surface area contributed by atoms with E-state index in [9.17, 15) is 30.3 Å². The lowest BCUT2D eigenvalue weighted by molar-refractivity contribution is -0.194. The number of carbonyl (C=O) groups is 1. The molecule has 1 aromatic rings. The van der Waals surface area contributed by atoms with Crippen molar-refractivity contribution in [1.29, 1.82) is 0 Å². The molecule has 5 aliphatic rings. The van der Waals surface area contributed by atoms with Gasteiger partial charge in [-0.25, -0.2) is 0 Å². The monoisotopic (exact) mass is 927 g/mol. The maximum absolute atomic E-state index is 13.1. The van der Waals surface area contributed by atoms with E-state index >= 15 is 0 Å². The summed E-state index contributed by atoms with van der Waals surface area (Å²) in [4.78, 5) is 12.5. The Morgan fingerprint density at radius 3 is 2.55 bits per heavy atom. The van der Waals surface area contributed by atoms with Gasteiger partial charge in [-0.3, -0.25) is 10.1 Å². The zero-order valence-corrected chi connectivity index (χ0v) is 41.7. The summed E-state index contributed by atoms with van der Waals surface area (Å²) >= 11 is 0. The summed E-state index contributed by atoms with van der Waals surface area (Å²) in [6.45, 7) is 13.8. The lowest BCUT2D eigenvalue weighted by atomic mass is 9.45. The summed E-state index contributed by atoms with van der Waals surface area (Å²) in [7, 11) is 3.63. The van der Waals surface area contributed by atoms with Gasteiger partial charge in [0, 0.05) is 49.5 Å². The molecular weight excluding hydrogens is 841 g/mol. The van der Waals surface area contributed by atoms with Crippen LogP contribution >= 0.6 is 0 Å². The predicted molar refractivity (Wildman–Crippen MR) is 268 cm³/mol. The number of aliphatic hydroxyl groups is 5. The molecule has 372 valence electrons. The Hall–Kier alpha value is -3.03. The first kappa shape index (κ1) is 53.3. The molecule has 3 saturated carbocycles. The fourth-order valence-electron chi connectivity index (χ4n) is 13.3. The van der Waals surface area contributed by atoms with Gasteiger partial charge in [-0.2, -0.15) is 0 Å². The van der Waals surface area contributed by atoms with Crippen LogP contribution in [-0.4, -0.2) is 102 Å². The van der Waals surface area contributed by atoms with E-state index in [1.165, 1.54) is 30.4 Å². The van der Waals surface area contributed by atoms with E-state index in [2.05, 4.69) is 59.7 Å². The number of hydrogen-bond donors (Lipinski definition) is 7.